The van der Waals surface area contributed by atoms with Gasteiger partial charge in [-0.05, 0) is 5.92 Å². The van der Waals surface area contributed by atoms with Gasteiger partial charge < -0.3 is 20.3 Å². The number of nitrogens with zero attached hydrogens (tertiary/aromatic N) is 1. The fraction of sp³-hybridized carbons (Fsp3) is 0.643. The Morgan fingerprint density at radius 3 is 2.83 bits per heavy atom. The van der Waals surface area contributed by atoms with Crippen molar-refractivity contribution in [1.29, 1.82) is 0 Å². The number of hydrogen-bond acceptors (Lipinski definition) is 7. The van der Waals surface area contributed by atoms with Gasteiger partial charge in [-0.3, -0.25) is 19.1 Å². The van der Waals surface area contributed by atoms with Gasteiger partial charge in [0.15, 0.2) is 0 Å². The number of rotatable bonds is 5. The van der Waals surface area contributed by atoms with Crippen molar-refractivity contribution < 1.29 is 23.8 Å². The molecule has 1 aliphatic heterocycles. The fourth-order valence-electron chi connectivity index (χ4n) is 2.33. The van der Waals surface area contributed by atoms with Gasteiger partial charge in [-0.1, -0.05) is 13.8 Å². The molecule has 1 aromatic rings. The highest BCUT2D eigenvalue weighted by Crippen LogP contribution is 2.30. The summed E-state index contributed by atoms with van der Waals surface area (Å²) in [5, 5.41) is 9.36. The van der Waals surface area contributed by atoms with Crippen molar-refractivity contribution in [2.75, 3.05) is 6.61 Å². The molecule has 4 atom stereocenters. The Labute approximate surface area is 136 Å². The lowest BCUT2D eigenvalue weighted by molar-refractivity contribution is -0.155. The quantitative estimate of drug-likeness (QED) is 0.573. The summed E-state index contributed by atoms with van der Waals surface area (Å²) in [6.45, 7) is 3.05. The standard InChI is InChI=1S/C14H20FN3O6/c1-6(2)11(16)13(21)24-8-3-10(23-9(8)5-19)18-4-7(15)12(20)17-14(18)22/h4,6,8-11,19H,3,5,16H2,1-2H3,(H,17,20,22)/t8-,9+,10+,11-/m0/s1. The Hall–Kier alpha value is -2.04. The van der Waals surface area contributed by atoms with Crippen molar-refractivity contribution in [3.8, 4) is 0 Å². The number of aliphatic hydroxyl groups is 1. The summed E-state index contributed by atoms with van der Waals surface area (Å²) in [4.78, 5) is 36.6. The van der Waals surface area contributed by atoms with Crippen LogP contribution in [-0.4, -0.2) is 45.5 Å². The summed E-state index contributed by atoms with van der Waals surface area (Å²) in [7, 11) is 0. The maximum absolute atomic E-state index is 13.4. The van der Waals surface area contributed by atoms with Crippen LogP contribution in [0.3, 0.4) is 0 Å². The number of hydrogen-bond donors (Lipinski definition) is 3. The van der Waals surface area contributed by atoms with Gasteiger partial charge in [0, 0.05) is 6.42 Å². The van der Waals surface area contributed by atoms with Gasteiger partial charge >= 0.3 is 11.7 Å². The topological polar surface area (TPSA) is 137 Å². The monoisotopic (exact) mass is 345 g/mol. The number of carbonyl (C=O) groups is 1. The number of nitrogens with two attached hydrogens (primary N) is 1. The van der Waals surface area contributed by atoms with Crippen LogP contribution in [0.25, 0.3) is 0 Å². The summed E-state index contributed by atoms with van der Waals surface area (Å²) in [5.41, 5.74) is 3.70. The second kappa shape index (κ2) is 7.24. The molecule has 2 heterocycles. The summed E-state index contributed by atoms with van der Waals surface area (Å²) in [6, 6.07) is -0.836. The largest absolute Gasteiger partial charge is 0.458 e. The molecule has 0 radical (unpaired) electrons. The smallest absolute Gasteiger partial charge is 0.330 e. The zero-order valence-corrected chi connectivity index (χ0v) is 13.3. The van der Waals surface area contributed by atoms with Crippen molar-refractivity contribution in [2.24, 2.45) is 11.7 Å². The van der Waals surface area contributed by atoms with Crippen molar-refractivity contribution in [3.63, 3.8) is 0 Å². The van der Waals surface area contributed by atoms with Gasteiger partial charge in [0.05, 0.1) is 12.8 Å². The molecule has 1 saturated heterocycles. The zero-order valence-electron chi connectivity index (χ0n) is 13.3. The first-order valence-corrected chi connectivity index (χ1v) is 7.48. The highest BCUT2D eigenvalue weighted by molar-refractivity contribution is 5.76. The molecule has 1 fully saturated rings. The van der Waals surface area contributed by atoms with E-state index in [2.05, 4.69) is 0 Å². The van der Waals surface area contributed by atoms with Gasteiger partial charge in [0.2, 0.25) is 5.82 Å². The molecule has 1 aliphatic rings. The third-order valence-corrected chi connectivity index (χ3v) is 3.85. The summed E-state index contributed by atoms with van der Waals surface area (Å²) in [5.74, 6) is -1.95. The Balaban J connectivity index is 2.18. The number of esters is 1. The predicted molar refractivity (Wildman–Crippen MR) is 79.6 cm³/mol. The number of ether oxygens (including phenoxy) is 2. The van der Waals surface area contributed by atoms with Crippen LogP contribution >= 0.6 is 0 Å². The van der Waals surface area contributed by atoms with E-state index >= 15 is 0 Å². The second-order valence-corrected chi connectivity index (χ2v) is 5.94. The maximum Gasteiger partial charge on any atom is 0.330 e. The molecular formula is C14H20FN3O6. The molecule has 0 unspecified atom stereocenters. The molecule has 1 aromatic heterocycles. The lowest BCUT2D eigenvalue weighted by Gasteiger charge is -2.20. The minimum absolute atomic E-state index is 0.00712. The molecule has 0 spiro atoms. The summed E-state index contributed by atoms with van der Waals surface area (Å²) in [6.07, 6.45) is -2.01. The summed E-state index contributed by atoms with van der Waals surface area (Å²) < 4.78 is 24.9. The number of aliphatic hydroxyl groups excluding tert-OH is 1. The number of aromatic amines is 1. The fourth-order valence-corrected chi connectivity index (χ4v) is 2.33. The molecule has 10 heteroatoms. The van der Waals surface area contributed by atoms with Gasteiger partial charge in [0.25, 0.3) is 5.56 Å². The van der Waals surface area contributed by atoms with E-state index in [1.807, 2.05) is 4.98 Å². The average Bonchev–Trinajstić information content (AvgIpc) is 2.92. The molecule has 2 rings (SSSR count). The van der Waals surface area contributed by atoms with E-state index in [9.17, 15) is 23.9 Å². The van der Waals surface area contributed by atoms with Crippen LogP contribution in [-0.2, 0) is 14.3 Å². The first-order chi connectivity index (χ1) is 11.2. The van der Waals surface area contributed by atoms with Crippen molar-refractivity contribution in [3.05, 3.63) is 32.9 Å². The Morgan fingerprint density at radius 2 is 2.25 bits per heavy atom. The van der Waals surface area contributed by atoms with E-state index in [0.717, 1.165) is 4.57 Å². The van der Waals surface area contributed by atoms with Crippen molar-refractivity contribution in [1.82, 2.24) is 9.55 Å². The Morgan fingerprint density at radius 1 is 1.58 bits per heavy atom. The first-order valence-electron chi connectivity index (χ1n) is 7.48. The highest BCUT2D eigenvalue weighted by atomic mass is 19.1. The Kier molecular flexibility index (Phi) is 5.52. The van der Waals surface area contributed by atoms with Gasteiger partial charge in [-0.2, -0.15) is 4.39 Å². The molecule has 4 N–H and O–H groups in total. The van der Waals surface area contributed by atoms with Gasteiger partial charge in [-0.15, -0.1) is 0 Å². The maximum atomic E-state index is 13.4. The van der Waals surface area contributed by atoms with Gasteiger partial charge in [0.1, 0.15) is 24.5 Å². The van der Waals surface area contributed by atoms with Crippen LogP contribution in [0, 0.1) is 11.7 Å². The van der Waals surface area contributed by atoms with Crippen LogP contribution in [0.1, 0.15) is 26.5 Å². The van der Waals surface area contributed by atoms with E-state index in [0.29, 0.717) is 6.20 Å². The second-order valence-electron chi connectivity index (χ2n) is 5.94. The van der Waals surface area contributed by atoms with Crippen molar-refractivity contribution >= 4 is 5.97 Å². The Bertz CT molecular complexity index is 715. The van der Waals surface area contributed by atoms with Crippen LogP contribution < -0.4 is 17.0 Å². The molecular weight excluding hydrogens is 325 g/mol. The number of nitrogens with one attached hydrogen (secondary N) is 1. The van der Waals surface area contributed by atoms with E-state index in [1.54, 1.807) is 13.8 Å². The zero-order chi connectivity index (χ0) is 18.0. The van der Waals surface area contributed by atoms with Crippen LogP contribution in [0.15, 0.2) is 15.8 Å². The van der Waals surface area contributed by atoms with E-state index < -0.39 is 54.1 Å². The van der Waals surface area contributed by atoms with Gasteiger partial charge in [-0.25, -0.2) is 4.79 Å². The molecule has 9 nitrogen and oxygen atoms in total. The van der Waals surface area contributed by atoms with E-state index in [1.165, 1.54) is 0 Å². The molecule has 0 saturated carbocycles. The minimum atomic E-state index is -1.15. The molecule has 0 aromatic carbocycles. The summed E-state index contributed by atoms with van der Waals surface area (Å²) >= 11 is 0. The molecule has 0 amide bonds. The number of halogens is 1. The number of H-pyrrole nitrogens is 1. The lowest BCUT2D eigenvalue weighted by Crippen LogP contribution is -2.41. The predicted octanol–water partition coefficient (Wildman–Crippen LogP) is -1.15. The van der Waals surface area contributed by atoms with E-state index in [4.69, 9.17) is 15.2 Å². The SMILES string of the molecule is CC(C)[C@H](N)C(=O)O[C@H]1C[C@H](n2cc(F)c(=O)[nH]c2=O)O[C@@H]1CO. The third-order valence-electron chi connectivity index (χ3n) is 3.85. The first kappa shape index (κ1) is 18.3. The minimum Gasteiger partial charge on any atom is -0.458 e. The molecule has 0 bridgehead atoms. The average molecular weight is 345 g/mol. The van der Waals surface area contributed by atoms with E-state index in [-0.39, 0.29) is 12.3 Å². The van der Waals surface area contributed by atoms with Crippen LogP contribution in [0.2, 0.25) is 0 Å². The molecule has 24 heavy (non-hydrogen) atoms. The molecule has 134 valence electrons. The molecule has 0 aliphatic carbocycles. The lowest BCUT2D eigenvalue weighted by atomic mass is 10.1. The number of aromatic nitrogens is 2. The highest BCUT2D eigenvalue weighted by Gasteiger charge is 2.40. The number of carbonyl (C=O) groups excluding carboxylic acids is 1. The van der Waals surface area contributed by atoms with Crippen molar-refractivity contribution in [2.45, 2.75) is 44.7 Å². The van der Waals surface area contributed by atoms with Crippen LogP contribution in [0.5, 0.6) is 0 Å². The third kappa shape index (κ3) is 3.71. The van der Waals surface area contributed by atoms with Crippen LogP contribution in [0.4, 0.5) is 4.39 Å². The normalized spacial score (nSPS) is 25.0.